The molecule has 0 unspecified atom stereocenters. The molecule has 3 N–H and O–H groups in total. The second kappa shape index (κ2) is 8.24. The molecule has 8 heteroatoms. The number of fused-ring (bicyclic) bond motifs is 4. The quantitative estimate of drug-likeness (QED) is 0.333. The predicted molar refractivity (Wildman–Crippen MR) is 132 cm³/mol. The van der Waals surface area contributed by atoms with Gasteiger partial charge >= 0.3 is 0 Å². The molecule has 0 saturated heterocycles. The van der Waals surface area contributed by atoms with Crippen LogP contribution < -0.4 is 10.6 Å². The number of rotatable bonds is 4. The van der Waals surface area contributed by atoms with Crippen LogP contribution in [0.25, 0.3) is 22.2 Å². The van der Waals surface area contributed by atoms with Gasteiger partial charge in [0.15, 0.2) is 0 Å². The number of aromatic nitrogens is 3. The molecule has 2 aromatic heterocycles. The fourth-order valence-corrected chi connectivity index (χ4v) is 4.61. The molecule has 0 aliphatic carbocycles. The van der Waals surface area contributed by atoms with Crippen molar-refractivity contribution < 1.29 is 4.79 Å². The molecule has 1 amide bonds. The third-order valence-corrected chi connectivity index (χ3v) is 6.30. The van der Waals surface area contributed by atoms with Gasteiger partial charge in [-0.2, -0.15) is 5.26 Å². The van der Waals surface area contributed by atoms with E-state index < -0.39 is 0 Å². The maximum atomic E-state index is 12.3. The number of nitrogens with zero attached hydrogens (tertiary/aromatic N) is 3. The Morgan fingerprint density at radius 1 is 1.25 bits per heavy atom. The van der Waals surface area contributed by atoms with Gasteiger partial charge in [-0.1, -0.05) is 0 Å². The van der Waals surface area contributed by atoms with Crippen LogP contribution >= 0.6 is 22.6 Å². The van der Waals surface area contributed by atoms with Crippen LogP contribution in [-0.4, -0.2) is 27.4 Å². The Morgan fingerprint density at radius 3 is 2.97 bits per heavy atom. The number of carbonyl (C=O) groups is 1. The molecular weight excluding hydrogens is 515 g/mol. The first-order valence-corrected chi connectivity index (χ1v) is 11.3. The van der Waals surface area contributed by atoms with Crippen LogP contribution in [0.2, 0.25) is 0 Å². The smallest absolute Gasteiger partial charge is 0.228 e. The highest BCUT2D eigenvalue weighted by Gasteiger charge is 2.21. The molecule has 0 spiro atoms. The molecule has 1 aliphatic heterocycles. The molecule has 1 aliphatic rings. The van der Waals surface area contributed by atoms with Gasteiger partial charge in [0.1, 0.15) is 0 Å². The Kier molecular flexibility index (Phi) is 5.27. The number of amides is 1. The normalized spacial score (nSPS) is 12.5. The molecule has 4 aromatic rings. The lowest BCUT2D eigenvalue weighted by molar-refractivity contribution is -0.115. The second-order valence-electron chi connectivity index (χ2n) is 7.76. The first kappa shape index (κ1) is 20.5. The van der Waals surface area contributed by atoms with Crippen molar-refractivity contribution in [1.82, 2.24) is 15.0 Å². The average molecular weight is 534 g/mol. The van der Waals surface area contributed by atoms with Gasteiger partial charge in [-0.3, -0.25) is 4.79 Å². The molecule has 0 atom stereocenters. The Morgan fingerprint density at radius 2 is 2.12 bits per heavy atom. The summed E-state index contributed by atoms with van der Waals surface area (Å²) in [5.41, 5.74) is 7.19. The largest absolute Gasteiger partial charge is 0.358 e. The lowest BCUT2D eigenvalue weighted by Crippen LogP contribution is -2.13. The number of nitrogens with one attached hydrogen (secondary N) is 3. The molecule has 158 valence electrons. The lowest BCUT2D eigenvalue weighted by atomic mass is 10.1. The predicted octanol–water partition coefficient (Wildman–Crippen LogP) is 4.56. The van der Waals surface area contributed by atoms with Crippen LogP contribution in [0.1, 0.15) is 22.4 Å². The van der Waals surface area contributed by atoms with E-state index in [-0.39, 0.29) is 12.3 Å². The zero-order valence-electron chi connectivity index (χ0n) is 17.3. The summed E-state index contributed by atoms with van der Waals surface area (Å²) in [4.78, 5) is 24.8. The van der Waals surface area contributed by atoms with E-state index in [0.717, 1.165) is 49.1 Å². The summed E-state index contributed by atoms with van der Waals surface area (Å²) in [5, 5.41) is 16.6. The third kappa shape index (κ3) is 3.80. The van der Waals surface area contributed by atoms with E-state index in [2.05, 4.69) is 49.3 Å². The number of aromatic amines is 1. The summed E-state index contributed by atoms with van der Waals surface area (Å²) in [6.45, 7) is 2.68. The molecule has 32 heavy (non-hydrogen) atoms. The van der Waals surface area contributed by atoms with E-state index in [1.54, 1.807) is 6.20 Å². The first-order valence-electron chi connectivity index (χ1n) is 10.2. The number of halogens is 1. The number of carbonyl (C=O) groups excluding carboxylic acids is 1. The Balaban J connectivity index is 1.40. The molecule has 7 nitrogen and oxygen atoms in total. The van der Waals surface area contributed by atoms with Crippen LogP contribution in [0.15, 0.2) is 42.6 Å². The number of H-pyrrole nitrogens is 1. The van der Waals surface area contributed by atoms with E-state index >= 15 is 0 Å². The standard InChI is InChI=1S/C24H19IN6O/c1-13-17(19-8-14(11-26)2-5-20(19)29-13)6-7-27-24-28-12-15-9-22(32)30-21-10-16(25)3-4-18(21)23(15)31-24/h2-5,8,10,12,29H,6-7,9H2,1H3,(H,30,32)(H,27,28,31). The first-order chi connectivity index (χ1) is 15.5. The topological polar surface area (TPSA) is 106 Å². The van der Waals surface area contributed by atoms with Crippen molar-refractivity contribution in [2.24, 2.45) is 0 Å². The number of benzene rings is 2. The number of aryl methyl sites for hydroxylation is 1. The monoisotopic (exact) mass is 534 g/mol. The highest BCUT2D eigenvalue weighted by atomic mass is 127. The summed E-state index contributed by atoms with van der Waals surface area (Å²) in [5.74, 6) is 0.459. The zero-order chi connectivity index (χ0) is 22.2. The minimum atomic E-state index is -0.0668. The summed E-state index contributed by atoms with van der Waals surface area (Å²) in [6.07, 6.45) is 2.74. The fraction of sp³-hybridized carbons (Fsp3) is 0.167. The maximum Gasteiger partial charge on any atom is 0.228 e. The molecule has 0 bridgehead atoms. The van der Waals surface area contributed by atoms with E-state index in [0.29, 0.717) is 18.1 Å². The molecule has 2 aromatic carbocycles. The van der Waals surface area contributed by atoms with Crippen molar-refractivity contribution >= 4 is 51.0 Å². The third-order valence-electron chi connectivity index (χ3n) is 5.63. The van der Waals surface area contributed by atoms with E-state index in [4.69, 9.17) is 4.98 Å². The van der Waals surface area contributed by atoms with Gasteiger partial charge in [0.05, 0.1) is 29.4 Å². The minimum Gasteiger partial charge on any atom is -0.358 e. The van der Waals surface area contributed by atoms with E-state index in [1.807, 2.05) is 43.3 Å². The average Bonchev–Trinajstić information content (AvgIpc) is 3.01. The highest BCUT2D eigenvalue weighted by molar-refractivity contribution is 14.1. The summed E-state index contributed by atoms with van der Waals surface area (Å²) in [6, 6.07) is 13.8. The van der Waals surface area contributed by atoms with Crippen molar-refractivity contribution in [3.05, 3.63) is 68.5 Å². The van der Waals surface area contributed by atoms with Crippen LogP contribution in [0, 0.1) is 21.8 Å². The molecule has 0 fully saturated rings. The molecule has 5 rings (SSSR count). The molecule has 0 saturated carbocycles. The SMILES string of the molecule is Cc1[nH]c2ccc(C#N)cc2c1CCNc1ncc2c(n1)-c1ccc(I)cc1NC(=O)C2. The summed E-state index contributed by atoms with van der Waals surface area (Å²) in [7, 11) is 0. The highest BCUT2D eigenvalue weighted by Crippen LogP contribution is 2.34. The summed E-state index contributed by atoms with van der Waals surface area (Å²) < 4.78 is 1.05. The van der Waals surface area contributed by atoms with Crippen LogP contribution in [0.4, 0.5) is 11.6 Å². The van der Waals surface area contributed by atoms with Crippen molar-refractivity contribution in [1.29, 1.82) is 5.26 Å². The zero-order valence-corrected chi connectivity index (χ0v) is 19.4. The van der Waals surface area contributed by atoms with Gasteiger partial charge in [0, 0.05) is 44.0 Å². The van der Waals surface area contributed by atoms with E-state index in [1.165, 1.54) is 5.56 Å². The number of hydrogen-bond donors (Lipinski definition) is 3. The van der Waals surface area contributed by atoms with Crippen molar-refractivity contribution in [3.8, 4) is 17.3 Å². The Hall–Kier alpha value is -3.45. The molecular formula is C24H19IN6O. The van der Waals surface area contributed by atoms with Crippen molar-refractivity contribution in [2.45, 2.75) is 19.8 Å². The Bertz CT molecular complexity index is 1420. The number of anilines is 2. The van der Waals surface area contributed by atoms with Gasteiger partial charge in [-0.25, -0.2) is 9.97 Å². The van der Waals surface area contributed by atoms with E-state index in [9.17, 15) is 10.1 Å². The number of hydrogen-bond acceptors (Lipinski definition) is 5. The summed E-state index contributed by atoms with van der Waals surface area (Å²) >= 11 is 2.23. The van der Waals surface area contributed by atoms with Crippen LogP contribution in [0.5, 0.6) is 0 Å². The second-order valence-corrected chi connectivity index (χ2v) is 9.01. The van der Waals surface area contributed by atoms with Crippen LogP contribution in [-0.2, 0) is 17.6 Å². The number of nitriles is 1. The van der Waals surface area contributed by atoms with Gasteiger partial charge in [0.25, 0.3) is 0 Å². The maximum absolute atomic E-state index is 12.3. The van der Waals surface area contributed by atoms with Crippen molar-refractivity contribution in [2.75, 3.05) is 17.2 Å². The van der Waals surface area contributed by atoms with Crippen molar-refractivity contribution in [3.63, 3.8) is 0 Å². The lowest BCUT2D eigenvalue weighted by Gasteiger charge is -2.11. The van der Waals surface area contributed by atoms with Gasteiger partial charge < -0.3 is 15.6 Å². The van der Waals surface area contributed by atoms with Crippen LogP contribution in [0.3, 0.4) is 0 Å². The minimum absolute atomic E-state index is 0.0668. The fourth-order valence-electron chi connectivity index (χ4n) is 4.12. The van der Waals surface area contributed by atoms with Gasteiger partial charge in [-0.15, -0.1) is 0 Å². The Labute approximate surface area is 198 Å². The molecule has 3 heterocycles. The molecule has 0 radical (unpaired) electrons. The van der Waals surface area contributed by atoms with Gasteiger partial charge in [0.2, 0.25) is 11.9 Å². The van der Waals surface area contributed by atoms with Gasteiger partial charge in [-0.05, 0) is 77.9 Å².